The summed E-state index contributed by atoms with van der Waals surface area (Å²) >= 11 is 0. The third-order valence-corrected chi connectivity index (χ3v) is 2.56. The van der Waals surface area contributed by atoms with Crippen molar-refractivity contribution in [3.05, 3.63) is 51.6 Å². The number of hydrogen-bond acceptors (Lipinski definition) is 4. The Bertz CT molecular complexity index is 654. The highest BCUT2D eigenvalue weighted by Crippen LogP contribution is 2.10. The summed E-state index contributed by atoms with van der Waals surface area (Å²) in [6.07, 6.45) is 1.15. The van der Waals surface area contributed by atoms with Gasteiger partial charge in [0.2, 0.25) is 0 Å². The van der Waals surface area contributed by atoms with Crippen molar-refractivity contribution < 1.29 is 14.3 Å². The Hall–Kier alpha value is -2.37. The van der Waals surface area contributed by atoms with Crippen molar-refractivity contribution in [3.8, 4) is 0 Å². The van der Waals surface area contributed by atoms with Crippen molar-refractivity contribution in [3.63, 3.8) is 0 Å². The molecule has 0 unspecified atom stereocenters. The molecule has 0 aliphatic rings. The Balaban J connectivity index is 2.34. The van der Waals surface area contributed by atoms with Crippen LogP contribution in [0.25, 0.3) is 0 Å². The van der Waals surface area contributed by atoms with Crippen LogP contribution >= 0.6 is 0 Å². The summed E-state index contributed by atoms with van der Waals surface area (Å²) in [4.78, 5) is 26.2. The van der Waals surface area contributed by atoms with Gasteiger partial charge in [-0.3, -0.25) is 4.57 Å². The SMILES string of the molecule is Cc1cc(C)n(Cc2cc(C(=O)O)co2)c(=O)n1. The second-order valence-electron chi connectivity index (χ2n) is 4.01. The van der Waals surface area contributed by atoms with E-state index in [0.29, 0.717) is 11.5 Å². The van der Waals surface area contributed by atoms with Crippen LogP contribution in [0.2, 0.25) is 0 Å². The van der Waals surface area contributed by atoms with Crippen LogP contribution in [0.4, 0.5) is 0 Å². The minimum atomic E-state index is -1.06. The predicted molar refractivity (Wildman–Crippen MR) is 62.7 cm³/mol. The highest BCUT2D eigenvalue weighted by molar-refractivity contribution is 5.87. The van der Waals surface area contributed by atoms with Crippen molar-refractivity contribution >= 4 is 5.97 Å². The van der Waals surface area contributed by atoms with E-state index in [1.54, 1.807) is 19.9 Å². The molecule has 0 amide bonds. The van der Waals surface area contributed by atoms with Crippen molar-refractivity contribution in [1.29, 1.82) is 0 Å². The molecule has 0 fully saturated rings. The quantitative estimate of drug-likeness (QED) is 0.882. The summed E-state index contributed by atoms with van der Waals surface area (Å²) in [6.45, 7) is 3.70. The average molecular weight is 248 g/mol. The van der Waals surface area contributed by atoms with Gasteiger partial charge in [-0.15, -0.1) is 0 Å². The number of aromatic carboxylic acids is 1. The van der Waals surface area contributed by atoms with Gasteiger partial charge in [0.25, 0.3) is 0 Å². The number of furan rings is 1. The van der Waals surface area contributed by atoms with Gasteiger partial charge in [-0.1, -0.05) is 0 Å². The Morgan fingerprint density at radius 3 is 2.72 bits per heavy atom. The van der Waals surface area contributed by atoms with E-state index in [9.17, 15) is 9.59 Å². The van der Waals surface area contributed by atoms with Gasteiger partial charge in [0.05, 0.1) is 12.1 Å². The molecule has 2 rings (SSSR count). The molecule has 0 saturated carbocycles. The van der Waals surface area contributed by atoms with E-state index in [1.165, 1.54) is 10.6 Å². The van der Waals surface area contributed by atoms with E-state index in [4.69, 9.17) is 9.52 Å². The number of carbonyl (C=O) groups is 1. The van der Waals surface area contributed by atoms with E-state index in [-0.39, 0.29) is 17.8 Å². The molecule has 0 atom stereocenters. The van der Waals surface area contributed by atoms with E-state index in [0.717, 1.165) is 12.0 Å². The van der Waals surface area contributed by atoms with Crippen LogP contribution in [0.5, 0.6) is 0 Å². The molecule has 18 heavy (non-hydrogen) atoms. The first-order valence-corrected chi connectivity index (χ1v) is 5.33. The maximum atomic E-state index is 11.7. The fourth-order valence-electron chi connectivity index (χ4n) is 1.70. The Kier molecular flexibility index (Phi) is 3.01. The average Bonchev–Trinajstić information content (AvgIpc) is 2.71. The maximum Gasteiger partial charge on any atom is 0.348 e. The molecule has 0 aliphatic carbocycles. The lowest BCUT2D eigenvalue weighted by molar-refractivity contribution is 0.0696. The maximum absolute atomic E-state index is 11.7. The van der Waals surface area contributed by atoms with Crippen LogP contribution < -0.4 is 5.69 Å². The van der Waals surface area contributed by atoms with Gasteiger partial charge in [0.1, 0.15) is 12.0 Å². The molecule has 94 valence electrons. The summed E-state index contributed by atoms with van der Waals surface area (Å²) in [7, 11) is 0. The van der Waals surface area contributed by atoms with Gasteiger partial charge in [0, 0.05) is 11.4 Å². The van der Waals surface area contributed by atoms with Crippen molar-refractivity contribution in [2.75, 3.05) is 0 Å². The fourth-order valence-corrected chi connectivity index (χ4v) is 1.70. The molecular weight excluding hydrogens is 236 g/mol. The molecule has 0 spiro atoms. The zero-order chi connectivity index (χ0) is 13.3. The minimum Gasteiger partial charge on any atom is -0.478 e. The Morgan fingerprint density at radius 2 is 2.17 bits per heavy atom. The molecule has 0 aromatic carbocycles. The van der Waals surface area contributed by atoms with Crippen LogP contribution in [-0.2, 0) is 6.54 Å². The Morgan fingerprint density at radius 1 is 1.44 bits per heavy atom. The van der Waals surface area contributed by atoms with Crippen LogP contribution in [0.15, 0.2) is 27.6 Å². The monoisotopic (exact) mass is 248 g/mol. The molecule has 2 aromatic rings. The van der Waals surface area contributed by atoms with Crippen molar-refractivity contribution in [2.24, 2.45) is 0 Å². The number of aromatic nitrogens is 2. The highest BCUT2D eigenvalue weighted by atomic mass is 16.4. The number of carboxylic acids is 1. The Labute approximate surface area is 103 Å². The lowest BCUT2D eigenvalue weighted by Gasteiger charge is -2.07. The van der Waals surface area contributed by atoms with Gasteiger partial charge < -0.3 is 9.52 Å². The summed E-state index contributed by atoms with van der Waals surface area (Å²) in [5, 5.41) is 8.77. The predicted octanol–water partition coefficient (Wildman–Crippen LogP) is 1.20. The summed E-state index contributed by atoms with van der Waals surface area (Å²) in [6, 6.07) is 3.18. The molecule has 1 N–H and O–H groups in total. The minimum absolute atomic E-state index is 0.0655. The normalized spacial score (nSPS) is 10.6. The number of nitrogens with zero attached hydrogens (tertiary/aromatic N) is 2. The largest absolute Gasteiger partial charge is 0.478 e. The molecule has 0 aliphatic heterocycles. The van der Waals surface area contributed by atoms with Gasteiger partial charge >= 0.3 is 11.7 Å². The zero-order valence-corrected chi connectivity index (χ0v) is 10.0. The van der Waals surface area contributed by atoms with Gasteiger partial charge in [-0.25, -0.2) is 9.59 Å². The molecular formula is C12H12N2O4. The summed E-state index contributed by atoms with van der Waals surface area (Å²) in [5.74, 6) is -0.653. The van der Waals surface area contributed by atoms with Crippen LogP contribution in [0, 0.1) is 13.8 Å². The third-order valence-electron chi connectivity index (χ3n) is 2.56. The molecule has 0 radical (unpaired) electrons. The summed E-state index contributed by atoms with van der Waals surface area (Å²) < 4.78 is 6.53. The second-order valence-corrected chi connectivity index (χ2v) is 4.01. The molecule has 0 bridgehead atoms. The number of aryl methyl sites for hydroxylation is 2. The lowest BCUT2D eigenvalue weighted by Crippen LogP contribution is -2.25. The van der Waals surface area contributed by atoms with Crippen LogP contribution in [-0.4, -0.2) is 20.6 Å². The topological polar surface area (TPSA) is 85.3 Å². The fraction of sp³-hybridized carbons (Fsp3) is 0.250. The second kappa shape index (κ2) is 4.48. The highest BCUT2D eigenvalue weighted by Gasteiger charge is 2.10. The van der Waals surface area contributed by atoms with Gasteiger partial charge in [-0.05, 0) is 26.0 Å². The first kappa shape index (κ1) is 12.1. The first-order valence-electron chi connectivity index (χ1n) is 5.33. The van der Waals surface area contributed by atoms with Gasteiger partial charge in [-0.2, -0.15) is 4.98 Å². The number of carboxylic acid groups (broad SMARTS) is 1. The zero-order valence-electron chi connectivity index (χ0n) is 10.0. The standard InChI is InChI=1S/C12H12N2O4/c1-7-3-8(2)14(12(17)13-7)5-10-4-9(6-18-10)11(15)16/h3-4,6H,5H2,1-2H3,(H,15,16). The van der Waals surface area contributed by atoms with Crippen molar-refractivity contribution in [2.45, 2.75) is 20.4 Å². The van der Waals surface area contributed by atoms with Crippen LogP contribution in [0.1, 0.15) is 27.5 Å². The van der Waals surface area contributed by atoms with Crippen molar-refractivity contribution in [1.82, 2.24) is 9.55 Å². The van der Waals surface area contributed by atoms with Crippen LogP contribution in [0.3, 0.4) is 0 Å². The lowest BCUT2D eigenvalue weighted by atomic mass is 10.3. The van der Waals surface area contributed by atoms with E-state index < -0.39 is 5.97 Å². The number of hydrogen-bond donors (Lipinski definition) is 1. The molecule has 2 aromatic heterocycles. The molecule has 6 heteroatoms. The van der Waals surface area contributed by atoms with Gasteiger partial charge in [0.15, 0.2) is 0 Å². The van der Waals surface area contributed by atoms with E-state index in [2.05, 4.69) is 4.98 Å². The molecule has 0 saturated heterocycles. The third kappa shape index (κ3) is 2.32. The first-order chi connectivity index (χ1) is 8.47. The van der Waals surface area contributed by atoms with E-state index >= 15 is 0 Å². The van der Waals surface area contributed by atoms with E-state index in [1.807, 2.05) is 0 Å². The molecule has 2 heterocycles. The number of rotatable bonds is 3. The smallest absolute Gasteiger partial charge is 0.348 e. The molecule has 6 nitrogen and oxygen atoms in total. The summed E-state index contributed by atoms with van der Waals surface area (Å²) in [5.41, 5.74) is 1.09.